The van der Waals surface area contributed by atoms with Gasteiger partial charge in [-0.3, -0.25) is 19.3 Å². The van der Waals surface area contributed by atoms with Crippen LogP contribution in [0, 0.1) is 0 Å². The first-order chi connectivity index (χ1) is 16.7. The van der Waals surface area contributed by atoms with Crippen molar-refractivity contribution in [2.75, 3.05) is 33.2 Å². The zero-order valence-corrected chi connectivity index (χ0v) is 20.6. The standard InChI is InChI=1S/C23H25ClN6O4S/c1-29-5-4-15-19(10-29)35-23(28-15)22(34)27-18-9-30(11-20(31)32)8-17(18)26-21(33)16-7-12-6-13(24)2-3-14(12)25-16/h2-3,6-7,17-18,25H,4-5,8-11H2,1H3,(H,26,33)(H,27,34)(H,31,32). The largest absolute Gasteiger partial charge is 0.480 e. The summed E-state index contributed by atoms with van der Waals surface area (Å²) in [5.41, 5.74) is 2.10. The minimum Gasteiger partial charge on any atom is -0.480 e. The maximum atomic E-state index is 13.0. The van der Waals surface area contributed by atoms with Crippen LogP contribution >= 0.6 is 22.9 Å². The number of benzene rings is 1. The lowest BCUT2D eigenvalue weighted by Crippen LogP contribution is -2.51. The summed E-state index contributed by atoms with van der Waals surface area (Å²) in [7, 11) is 2.03. The summed E-state index contributed by atoms with van der Waals surface area (Å²) in [6, 6.07) is 6.08. The summed E-state index contributed by atoms with van der Waals surface area (Å²) in [6.45, 7) is 2.10. The van der Waals surface area contributed by atoms with Crippen molar-refractivity contribution in [3.05, 3.63) is 50.6 Å². The molecule has 3 aromatic rings. The molecule has 2 unspecified atom stereocenters. The Kier molecular flexibility index (Phi) is 6.49. The molecule has 4 heterocycles. The van der Waals surface area contributed by atoms with Crippen molar-refractivity contribution in [3.63, 3.8) is 0 Å². The zero-order chi connectivity index (χ0) is 24.7. The van der Waals surface area contributed by atoms with E-state index in [4.69, 9.17) is 11.6 Å². The number of fused-ring (bicyclic) bond motifs is 2. The van der Waals surface area contributed by atoms with Gasteiger partial charge in [0.1, 0.15) is 5.69 Å². The van der Waals surface area contributed by atoms with E-state index in [-0.39, 0.29) is 18.4 Å². The van der Waals surface area contributed by atoms with E-state index >= 15 is 0 Å². The van der Waals surface area contributed by atoms with E-state index in [0.29, 0.717) is 28.8 Å². The van der Waals surface area contributed by atoms with Crippen molar-refractivity contribution >= 4 is 51.6 Å². The molecule has 2 aliphatic rings. The number of aliphatic carboxylic acids is 1. The molecule has 10 nitrogen and oxygen atoms in total. The monoisotopic (exact) mass is 516 g/mol. The molecule has 1 aromatic carbocycles. The smallest absolute Gasteiger partial charge is 0.317 e. The van der Waals surface area contributed by atoms with Crippen molar-refractivity contribution in [1.82, 2.24) is 30.4 Å². The van der Waals surface area contributed by atoms with Crippen LogP contribution in [0.2, 0.25) is 5.02 Å². The van der Waals surface area contributed by atoms with E-state index in [2.05, 4.69) is 25.5 Å². The van der Waals surface area contributed by atoms with E-state index < -0.39 is 18.1 Å². The van der Waals surface area contributed by atoms with Crippen molar-refractivity contribution in [3.8, 4) is 0 Å². The number of likely N-dealkylation sites (tertiary alicyclic amines) is 1. The molecule has 4 N–H and O–H groups in total. The second-order valence-electron chi connectivity index (χ2n) is 9.04. The van der Waals surface area contributed by atoms with Crippen LogP contribution in [0.5, 0.6) is 0 Å². The average molecular weight is 517 g/mol. The minimum atomic E-state index is -0.966. The number of rotatable bonds is 6. The maximum absolute atomic E-state index is 13.0. The fourth-order valence-corrected chi connectivity index (χ4v) is 5.89. The Morgan fingerprint density at radius 2 is 1.94 bits per heavy atom. The summed E-state index contributed by atoms with van der Waals surface area (Å²) in [5.74, 6) is -1.62. The predicted octanol–water partition coefficient (Wildman–Crippen LogP) is 1.56. The fourth-order valence-electron chi connectivity index (χ4n) is 4.62. The quantitative estimate of drug-likeness (QED) is 0.391. The third kappa shape index (κ3) is 5.18. The molecule has 0 spiro atoms. The van der Waals surface area contributed by atoms with Gasteiger partial charge in [-0.15, -0.1) is 11.3 Å². The summed E-state index contributed by atoms with van der Waals surface area (Å²) in [6.07, 6.45) is 0.805. The van der Waals surface area contributed by atoms with E-state index in [9.17, 15) is 19.5 Å². The molecule has 5 rings (SSSR count). The molecule has 0 radical (unpaired) electrons. The highest BCUT2D eigenvalue weighted by Crippen LogP contribution is 2.25. The van der Waals surface area contributed by atoms with Crippen LogP contribution in [0.25, 0.3) is 10.9 Å². The molecular formula is C23H25ClN6O4S. The van der Waals surface area contributed by atoms with E-state index in [1.807, 2.05) is 7.05 Å². The lowest BCUT2D eigenvalue weighted by atomic mass is 10.1. The number of halogens is 1. The molecule has 1 saturated heterocycles. The van der Waals surface area contributed by atoms with Crippen LogP contribution in [0.1, 0.15) is 30.9 Å². The second kappa shape index (κ2) is 9.57. The lowest BCUT2D eigenvalue weighted by molar-refractivity contribution is -0.138. The van der Waals surface area contributed by atoms with Crippen LogP contribution in [-0.4, -0.2) is 88.0 Å². The van der Waals surface area contributed by atoms with E-state index in [1.54, 1.807) is 29.2 Å². The third-order valence-corrected chi connectivity index (χ3v) is 7.65. The molecule has 0 bridgehead atoms. The van der Waals surface area contributed by atoms with E-state index in [0.717, 1.165) is 41.0 Å². The Labute approximate surface area is 210 Å². The Hall–Kier alpha value is -2.99. The molecule has 2 aliphatic heterocycles. The number of amides is 2. The summed E-state index contributed by atoms with van der Waals surface area (Å²) >= 11 is 7.43. The number of nitrogens with zero attached hydrogens (tertiary/aromatic N) is 3. The Bertz CT molecular complexity index is 1310. The van der Waals surface area contributed by atoms with Gasteiger partial charge in [0.2, 0.25) is 0 Å². The molecular weight excluding hydrogens is 492 g/mol. The maximum Gasteiger partial charge on any atom is 0.317 e. The van der Waals surface area contributed by atoms with E-state index in [1.165, 1.54) is 11.3 Å². The van der Waals surface area contributed by atoms with Gasteiger partial charge in [0.15, 0.2) is 5.01 Å². The van der Waals surface area contributed by atoms with Crippen molar-refractivity contribution in [1.29, 1.82) is 0 Å². The summed E-state index contributed by atoms with van der Waals surface area (Å²) in [5, 5.41) is 16.9. The van der Waals surface area contributed by atoms with Crippen molar-refractivity contribution < 1.29 is 19.5 Å². The number of carboxylic acid groups (broad SMARTS) is 1. The van der Waals surface area contributed by atoms with Crippen LogP contribution in [0.4, 0.5) is 0 Å². The van der Waals surface area contributed by atoms with Gasteiger partial charge in [-0.1, -0.05) is 11.6 Å². The number of thiazole rings is 1. The van der Waals surface area contributed by atoms with Crippen LogP contribution in [-0.2, 0) is 17.8 Å². The molecule has 2 atom stereocenters. The second-order valence-corrected chi connectivity index (χ2v) is 10.6. The fraction of sp³-hybridized carbons (Fsp3) is 0.391. The molecule has 0 saturated carbocycles. The number of aromatic amines is 1. The zero-order valence-electron chi connectivity index (χ0n) is 19.0. The third-order valence-electron chi connectivity index (χ3n) is 6.33. The number of aromatic nitrogens is 2. The van der Waals surface area contributed by atoms with Crippen LogP contribution in [0.15, 0.2) is 24.3 Å². The minimum absolute atomic E-state index is 0.179. The number of carbonyl (C=O) groups excluding carboxylic acids is 2. The van der Waals surface area contributed by atoms with Gasteiger partial charge in [0.05, 0.1) is 24.3 Å². The summed E-state index contributed by atoms with van der Waals surface area (Å²) in [4.78, 5) is 49.9. The Morgan fingerprint density at radius 3 is 2.69 bits per heavy atom. The Morgan fingerprint density at radius 1 is 1.20 bits per heavy atom. The highest BCUT2D eigenvalue weighted by molar-refractivity contribution is 7.13. The molecule has 35 heavy (non-hydrogen) atoms. The van der Waals surface area contributed by atoms with Crippen molar-refractivity contribution in [2.45, 2.75) is 25.0 Å². The SMILES string of the molecule is CN1CCc2nc(C(=O)NC3CN(CC(=O)O)CC3NC(=O)c3cc4cc(Cl)ccc4[nH]3)sc2C1. The van der Waals surface area contributed by atoms with Gasteiger partial charge >= 0.3 is 5.97 Å². The van der Waals surface area contributed by atoms with Gasteiger partial charge in [0, 0.05) is 53.4 Å². The number of hydrogen-bond donors (Lipinski definition) is 4. The molecule has 12 heteroatoms. The first-order valence-electron chi connectivity index (χ1n) is 11.3. The molecule has 2 aromatic heterocycles. The number of H-pyrrole nitrogens is 1. The van der Waals surface area contributed by atoms with Crippen LogP contribution < -0.4 is 10.6 Å². The van der Waals surface area contributed by atoms with Gasteiger partial charge in [-0.25, -0.2) is 4.98 Å². The first-order valence-corrected chi connectivity index (χ1v) is 12.5. The van der Waals surface area contributed by atoms with Gasteiger partial charge in [-0.05, 0) is 31.3 Å². The number of carbonyl (C=O) groups is 3. The van der Waals surface area contributed by atoms with Gasteiger partial charge < -0.3 is 25.6 Å². The van der Waals surface area contributed by atoms with Gasteiger partial charge in [-0.2, -0.15) is 0 Å². The number of likely N-dealkylation sites (N-methyl/N-ethyl adjacent to an activating group) is 1. The van der Waals surface area contributed by atoms with Gasteiger partial charge in [0.25, 0.3) is 11.8 Å². The molecule has 2 amide bonds. The number of hydrogen-bond acceptors (Lipinski definition) is 7. The van der Waals surface area contributed by atoms with Crippen molar-refractivity contribution in [2.24, 2.45) is 0 Å². The summed E-state index contributed by atoms with van der Waals surface area (Å²) < 4.78 is 0. The molecule has 0 aliphatic carbocycles. The highest BCUT2D eigenvalue weighted by atomic mass is 35.5. The predicted molar refractivity (Wildman–Crippen MR) is 132 cm³/mol. The Balaban J connectivity index is 1.31. The van der Waals surface area contributed by atoms with Crippen LogP contribution in [0.3, 0.4) is 0 Å². The number of carboxylic acids is 1. The first kappa shape index (κ1) is 23.7. The lowest BCUT2D eigenvalue weighted by Gasteiger charge is -2.20. The normalized spacial score (nSPS) is 20.6. The highest BCUT2D eigenvalue weighted by Gasteiger charge is 2.36. The topological polar surface area (TPSA) is 131 Å². The average Bonchev–Trinajstić information content (AvgIpc) is 3.49. The molecule has 1 fully saturated rings. The molecule has 184 valence electrons. The number of nitrogens with one attached hydrogen (secondary N) is 3.